The van der Waals surface area contributed by atoms with Crippen LogP contribution in [0.1, 0.15) is 31.7 Å². The van der Waals surface area contributed by atoms with Crippen LogP contribution in [0.5, 0.6) is 11.5 Å². The Morgan fingerprint density at radius 1 is 1.00 bits per heavy atom. The Morgan fingerprint density at radius 3 is 2.27 bits per heavy atom. The first-order chi connectivity index (χ1) is 12.6. The van der Waals surface area contributed by atoms with Gasteiger partial charge in [0.25, 0.3) is 0 Å². The molecule has 0 spiro atoms. The third-order valence-electron chi connectivity index (χ3n) is 3.63. The van der Waals surface area contributed by atoms with Gasteiger partial charge in [-0.05, 0) is 54.8 Å². The Balaban J connectivity index is 1.78. The third-order valence-corrected chi connectivity index (χ3v) is 3.63. The SMILES string of the molecule is CCCCOc1ccc(OC(=O)CCc2ccc(N=C(N)N)cc2)cc1. The summed E-state index contributed by atoms with van der Waals surface area (Å²) < 4.78 is 10.9. The van der Waals surface area contributed by atoms with Gasteiger partial charge in [0.15, 0.2) is 5.96 Å². The summed E-state index contributed by atoms with van der Waals surface area (Å²) in [7, 11) is 0. The molecule has 0 amide bonds. The molecule has 0 aliphatic rings. The zero-order chi connectivity index (χ0) is 18.8. The summed E-state index contributed by atoms with van der Waals surface area (Å²) in [6.45, 7) is 2.81. The number of nitrogens with zero attached hydrogens (tertiary/aromatic N) is 1. The van der Waals surface area contributed by atoms with E-state index in [1.807, 2.05) is 12.1 Å². The Hall–Kier alpha value is -3.02. The van der Waals surface area contributed by atoms with E-state index in [-0.39, 0.29) is 18.3 Å². The van der Waals surface area contributed by atoms with E-state index < -0.39 is 0 Å². The Morgan fingerprint density at radius 2 is 1.65 bits per heavy atom. The second-order valence-electron chi connectivity index (χ2n) is 5.85. The van der Waals surface area contributed by atoms with Crippen molar-refractivity contribution in [3.8, 4) is 11.5 Å². The molecule has 0 bridgehead atoms. The molecule has 2 aromatic carbocycles. The van der Waals surface area contributed by atoms with E-state index in [1.54, 1.807) is 36.4 Å². The lowest BCUT2D eigenvalue weighted by atomic mass is 10.1. The van der Waals surface area contributed by atoms with Gasteiger partial charge in [0, 0.05) is 6.42 Å². The van der Waals surface area contributed by atoms with Gasteiger partial charge in [-0.3, -0.25) is 4.79 Å². The van der Waals surface area contributed by atoms with Crippen LogP contribution in [-0.2, 0) is 11.2 Å². The van der Waals surface area contributed by atoms with E-state index in [2.05, 4.69) is 11.9 Å². The van der Waals surface area contributed by atoms with E-state index in [0.717, 1.165) is 24.2 Å². The molecule has 26 heavy (non-hydrogen) atoms. The molecule has 6 nitrogen and oxygen atoms in total. The van der Waals surface area contributed by atoms with E-state index in [0.29, 0.717) is 24.5 Å². The van der Waals surface area contributed by atoms with Crippen molar-refractivity contribution in [1.29, 1.82) is 0 Å². The lowest BCUT2D eigenvalue weighted by Crippen LogP contribution is -2.21. The molecule has 2 rings (SSSR count). The van der Waals surface area contributed by atoms with Crippen molar-refractivity contribution in [3.05, 3.63) is 54.1 Å². The number of unbranched alkanes of at least 4 members (excludes halogenated alkanes) is 1. The molecule has 0 atom stereocenters. The van der Waals surface area contributed by atoms with Crippen LogP contribution in [0, 0.1) is 0 Å². The summed E-state index contributed by atoms with van der Waals surface area (Å²) in [4.78, 5) is 15.9. The van der Waals surface area contributed by atoms with E-state index in [9.17, 15) is 4.79 Å². The molecule has 0 heterocycles. The van der Waals surface area contributed by atoms with Crippen molar-refractivity contribution >= 4 is 17.6 Å². The van der Waals surface area contributed by atoms with Gasteiger partial charge >= 0.3 is 5.97 Å². The number of esters is 1. The maximum atomic E-state index is 12.0. The predicted octanol–water partition coefficient (Wildman–Crippen LogP) is 3.31. The summed E-state index contributed by atoms with van der Waals surface area (Å²) in [5, 5.41) is 0. The van der Waals surface area contributed by atoms with Crippen LogP contribution >= 0.6 is 0 Å². The number of nitrogens with two attached hydrogens (primary N) is 2. The second kappa shape index (κ2) is 10.1. The largest absolute Gasteiger partial charge is 0.494 e. The molecule has 2 aromatic rings. The summed E-state index contributed by atoms with van der Waals surface area (Å²) in [5.41, 5.74) is 12.4. The smallest absolute Gasteiger partial charge is 0.311 e. The lowest BCUT2D eigenvalue weighted by molar-refractivity contribution is -0.134. The van der Waals surface area contributed by atoms with Crippen molar-refractivity contribution in [3.63, 3.8) is 0 Å². The third kappa shape index (κ3) is 6.84. The first-order valence-electron chi connectivity index (χ1n) is 8.69. The first kappa shape index (κ1) is 19.3. The van der Waals surface area contributed by atoms with Gasteiger partial charge in [-0.15, -0.1) is 0 Å². The molecule has 0 saturated heterocycles. The number of ether oxygens (including phenoxy) is 2. The Bertz CT molecular complexity index is 721. The van der Waals surface area contributed by atoms with E-state index in [4.69, 9.17) is 20.9 Å². The maximum absolute atomic E-state index is 12.0. The number of hydrogen-bond donors (Lipinski definition) is 2. The second-order valence-corrected chi connectivity index (χ2v) is 5.85. The van der Waals surface area contributed by atoms with Crippen molar-refractivity contribution in [1.82, 2.24) is 0 Å². The zero-order valence-electron chi connectivity index (χ0n) is 15.0. The van der Waals surface area contributed by atoms with Crippen LogP contribution in [0.15, 0.2) is 53.5 Å². The van der Waals surface area contributed by atoms with E-state index >= 15 is 0 Å². The van der Waals surface area contributed by atoms with Crippen LogP contribution in [0.2, 0.25) is 0 Å². The van der Waals surface area contributed by atoms with Crippen molar-refractivity contribution in [2.45, 2.75) is 32.6 Å². The summed E-state index contributed by atoms with van der Waals surface area (Å²) >= 11 is 0. The first-order valence-corrected chi connectivity index (χ1v) is 8.69. The minimum absolute atomic E-state index is 0.0168. The molecule has 0 saturated carbocycles. The predicted molar refractivity (Wildman–Crippen MR) is 103 cm³/mol. The lowest BCUT2D eigenvalue weighted by Gasteiger charge is -2.07. The fraction of sp³-hybridized carbons (Fsp3) is 0.300. The highest BCUT2D eigenvalue weighted by molar-refractivity contribution is 5.79. The molecule has 0 aliphatic carbocycles. The van der Waals surface area contributed by atoms with Crippen LogP contribution in [0.3, 0.4) is 0 Å². The topological polar surface area (TPSA) is 99.9 Å². The molecular weight excluding hydrogens is 330 g/mol. The number of hydrogen-bond acceptors (Lipinski definition) is 4. The van der Waals surface area contributed by atoms with Gasteiger partial charge in [0.1, 0.15) is 11.5 Å². The fourth-order valence-electron chi connectivity index (χ4n) is 2.25. The average Bonchev–Trinajstić information content (AvgIpc) is 2.62. The fourth-order valence-corrected chi connectivity index (χ4v) is 2.25. The number of guanidine groups is 1. The van der Waals surface area contributed by atoms with Crippen LogP contribution in [-0.4, -0.2) is 18.5 Å². The highest BCUT2D eigenvalue weighted by Gasteiger charge is 2.06. The number of aliphatic imine (C=N–C) groups is 1. The molecule has 138 valence electrons. The Kier molecular flexibility index (Phi) is 7.49. The van der Waals surface area contributed by atoms with Crippen LogP contribution < -0.4 is 20.9 Å². The number of rotatable bonds is 9. The molecule has 0 fully saturated rings. The van der Waals surface area contributed by atoms with Gasteiger partial charge in [-0.1, -0.05) is 25.5 Å². The van der Waals surface area contributed by atoms with Crippen molar-refractivity contribution in [2.24, 2.45) is 16.5 Å². The van der Waals surface area contributed by atoms with Gasteiger partial charge in [-0.25, -0.2) is 4.99 Å². The number of benzene rings is 2. The number of aryl methyl sites for hydroxylation is 1. The molecule has 0 unspecified atom stereocenters. The van der Waals surface area contributed by atoms with Gasteiger partial charge in [-0.2, -0.15) is 0 Å². The van der Waals surface area contributed by atoms with Crippen molar-refractivity contribution in [2.75, 3.05) is 6.61 Å². The molecule has 6 heteroatoms. The number of carbonyl (C=O) groups is 1. The summed E-state index contributed by atoms with van der Waals surface area (Å²) in [5.74, 6) is 1.03. The van der Waals surface area contributed by atoms with Crippen molar-refractivity contribution < 1.29 is 14.3 Å². The molecule has 0 aromatic heterocycles. The summed E-state index contributed by atoms with van der Waals surface area (Å²) in [6.07, 6.45) is 2.98. The summed E-state index contributed by atoms with van der Waals surface area (Å²) in [6, 6.07) is 14.5. The highest BCUT2D eigenvalue weighted by Crippen LogP contribution is 2.19. The minimum Gasteiger partial charge on any atom is -0.494 e. The quantitative estimate of drug-likeness (QED) is 0.236. The normalized spacial score (nSPS) is 10.2. The standard InChI is InChI=1S/C20H25N3O3/c1-2-3-14-25-17-9-11-18(12-10-17)26-19(24)13-6-15-4-7-16(8-5-15)23-20(21)22/h4-5,7-12H,2-3,6,13-14H2,1H3,(H4,21,22,23). The van der Waals surface area contributed by atoms with Crippen LogP contribution in [0.25, 0.3) is 0 Å². The number of carbonyl (C=O) groups excluding carboxylic acids is 1. The zero-order valence-corrected chi connectivity index (χ0v) is 15.0. The molecule has 0 radical (unpaired) electrons. The Labute approximate surface area is 153 Å². The monoisotopic (exact) mass is 355 g/mol. The molecule has 0 aliphatic heterocycles. The molecular formula is C20H25N3O3. The van der Waals surface area contributed by atoms with Gasteiger partial charge in [0.05, 0.1) is 12.3 Å². The maximum Gasteiger partial charge on any atom is 0.311 e. The van der Waals surface area contributed by atoms with Gasteiger partial charge in [0.2, 0.25) is 0 Å². The van der Waals surface area contributed by atoms with Gasteiger partial charge < -0.3 is 20.9 Å². The highest BCUT2D eigenvalue weighted by atomic mass is 16.5. The molecule has 4 N–H and O–H groups in total. The van der Waals surface area contributed by atoms with E-state index in [1.165, 1.54) is 0 Å². The average molecular weight is 355 g/mol. The minimum atomic E-state index is -0.280. The van der Waals surface area contributed by atoms with Crippen LogP contribution in [0.4, 0.5) is 5.69 Å².